The van der Waals surface area contributed by atoms with Gasteiger partial charge in [0.15, 0.2) is 0 Å². The van der Waals surface area contributed by atoms with Crippen LogP contribution in [0.3, 0.4) is 0 Å². The summed E-state index contributed by atoms with van der Waals surface area (Å²) in [5, 5.41) is 0. The van der Waals surface area contributed by atoms with Gasteiger partial charge in [0.2, 0.25) is 0 Å². The molecule has 0 N–H and O–H groups in total. The van der Waals surface area contributed by atoms with Gasteiger partial charge in [-0.25, -0.2) is 0 Å². The molecule has 31 heavy (non-hydrogen) atoms. The number of hydrogen-bond donors (Lipinski definition) is 0. The zero-order valence-corrected chi connectivity index (χ0v) is 18.0. The van der Waals surface area contributed by atoms with Gasteiger partial charge in [0.05, 0.1) is 0 Å². The SMILES string of the molecule is CC1=C(C(=O)N2CCN(c3ccccc3)CC2)c2ccccc2C1Cc1ccccc1. The van der Waals surface area contributed by atoms with Crippen molar-refractivity contribution < 1.29 is 4.79 Å². The first-order chi connectivity index (χ1) is 15.2. The van der Waals surface area contributed by atoms with E-state index in [1.54, 1.807) is 0 Å². The zero-order chi connectivity index (χ0) is 21.2. The van der Waals surface area contributed by atoms with E-state index in [1.165, 1.54) is 22.4 Å². The van der Waals surface area contributed by atoms with E-state index in [-0.39, 0.29) is 11.8 Å². The quantitative estimate of drug-likeness (QED) is 0.596. The molecule has 1 amide bonds. The zero-order valence-electron chi connectivity index (χ0n) is 18.0. The van der Waals surface area contributed by atoms with Crippen LogP contribution in [0.4, 0.5) is 5.69 Å². The normalized spacial score (nSPS) is 18.3. The molecule has 2 aliphatic rings. The highest BCUT2D eigenvalue weighted by molar-refractivity contribution is 6.22. The Hall–Kier alpha value is -3.33. The number of fused-ring (bicyclic) bond motifs is 1. The van der Waals surface area contributed by atoms with Crippen LogP contribution < -0.4 is 4.90 Å². The third-order valence-electron chi connectivity index (χ3n) is 6.71. The highest BCUT2D eigenvalue weighted by Gasteiger charge is 2.34. The fourth-order valence-corrected chi connectivity index (χ4v) is 5.01. The van der Waals surface area contributed by atoms with Crippen LogP contribution in [0.15, 0.2) is 90.5 Å². The second kappa shape index (κ2) is 8.43. The average Bonchev–Trinajstić information content (AvgIpc) is 3.11. The third kappa shape index (κ3) is 3.76. The molecular weight excluding hydrogens is 380 g/mol. The number of rotatable bonds is 4. The molecule has 3 aromatic rings. The molecule has 156 valence electrons. The molecule has 1 aliphatic carbocycles. The number of carbonyl (C=O) groups excluding carboxylic acids is 1. The van der Waals surface area contributed by atoms with Crippen molar-refractivity contribution in [1.82, 2.24) is 4.90 Å². The fourth-order valence-electron chi connectivity index (χ4n) is 5.01. The van der Waals surface area contributed by atoms with Crippen LogP contribution >= 0.6 is 0 Å². The van der Waals surface area contributed by atoms with Gasteiger partial charge in [0.25, 0.3) is 5.91 Å². The lowest BCUT2D eigenvalue weighted by molar-refractivity contribution is -0.125. The molecule has 1 unspecified atom stereocenters. The van der Waals surface area contributed by atoms with Crippen LogP contribution in [0, 0.1) is 0 Å². The number of hydrogen-bond acceptors (Lipinski definition) is 2. The minimum atomic E-state index is 0.188. The van der Waals surface area contributed by atoms with Crippen molar-refractivity contribution in [3.63, 3.8) is 0 Å². The van der Waals surface area contributed by atoms with Crippen LogP contribution in [-0.4, -0.2) is 37.0 Å². The second-order valence-corrected chi connectivity index (χ2v) is 8.50. The Labute approximate surface area is 184 Å². The van der Waals surface area contributed by atoms with Crippen molar-refractivity contribution in [3.05, 3.63) is 107 Å². The largest absolute Gasteiger partial charge is 0.368 e. The highest BCUT2D eigenvalue weighted by atomic mass is 16.2. The van der Waals surface area contributed by atoms with Gasteiger partial charge >= 0.3 is 0 Å². The van der Waals surface area contributed by atoms with Crippen molar-refractivity contribution in [3.8, 4) is 0 Å². The summed E-state index contributed by atoms with van der Waals surface area (Å²) in [7, 11) is 0. The maximum atomic E-state index is 13.7. The van der Waals surface area contributed by atoms with Crippen molar-refractivity contribution in [2.45, 2.75) is 19.3 Å². The molecule has 0 saturated carbocycles. The van der Waals surface area contributed by atoms with Crippen molar-refractivity contribution in [2.24, 2.45) is 0 Å². The molecule has 0 radical (unpaired) electrons. The van der Waals surface area contributed by atoms with Crippen LogP contribution in [0.1, 0.15) is 29.5 Å². The molecule has 1 fully saturated rings. The monoisotopic (exact) mass is 408 g/mol. The predicted molar refractivity (Wildman–Crippen MR) is 127 cm³/mol. The molecule has 1 heterocycles. The first-order valence-electron chi connectivity index (χ1n) is 11.2. The first-order valence-corrected chi connectivity index (χ1v) is 11.2. The molecule has 1 atom stereocenters. The van der Waals surface area contributed by atoms with Gasteiger partial charge in [-0.15, -0.1) is 0 Å². The summed E-state index contributed by atoms with van der Waals surface area (Å²) in [6.45, 7) is 5.42. The van der Waals surface area contributed by atoms with Gasteiger partial charge in [-0.1, -0.05) is 78.4 Å². The van der Waals surface area contributed by atoms with Gasteiger partial charge in [0.1, 0.15) is 0 Å². The predicted octanol–water partition coefficient (Wildman–Crippen LogP) is 5.15. The van der Waals surface area contributed by atoms with Gasteiger partial charge in [-0.3, -0.25) is 4.79 Å². The van der Waals surface area contributed by atoms with E-state index in [9.17, 15) is 4.79 Å². The number of benzene rings is 3. The summed E-state index contributed by atoms with van der Waals surface area (Å²) in [6.07, 6.45) is 0.933. The molecule has 0 bridgehead atoms. The van der Waals surface area contributed by atoms with E-state index >= 15 is 0 Å². The first kappa shape index (κ1) is 19.6. The van der Waals surface area contributed by atoms with Crippen LogP contribution in [0.25, 0.3) is 5.57 Å². The van der Waals surface area contributed by atoms with E-state index in [2.05, 4.69) is 90.7 Å². The van der Waals surface area contributed by atoms with Gasteiger partial charge in [-0.2, -0.15) is 0 Å². The van der Waals surface area contributed by atoms with E-state index in [0.29, 0.717) is 0 Å². The van der Waals surface area contributed by atoms with Crippen LogP contribution in [0.5, 0.6) is 0 Å². The number of carbonyl (C=O) groups is 1. The summed E-state index contributed by atoms with van der Waals surface area (Å²) in [5.74, 6) is 0.455. The lowest BCUT2D eigenvalue weighted by atomic mass is 9.90. The standard InChI is InChI=1S/C28H28N2O/c1-21-26(20-22-10-4-2-5-11-22)24-14-8-9-15-25(24)27(21)28(31)30-18-16-29(17-19-30)23-12-6-3-7-13-23/h2-15,26H,16-20H2,1H3. The van der Waals surface area contributed by atoms with Gasteiger partial charge in [0, 0.05) is 43.4 Å². The number of nitrogens with zero attached hydrogens (tertiary/aromatic N) is 2. The third-order valence-corrected chi connectivity index (χ3v) is 6.71. The number of anilines is 1. The van der Waals surface area contributed by atoms with Crippen molar-refractivity contribution in [1.29, 1.82) is 0 Å². The molecule has 3 heteroatoms. The summed E-state index contributed by atoms with van der Waals surface area (Å²) < 4.78 is 0. The topological polar surface area (TPSA) is 23.6 Å². The average molecular weight is 409 g/mol. The molecule has 3 nitrogen and oxygen atoms in total. The van der Waals surface area contributed by atoms with E-state index in [4.69, 9.17) is 0 Å². The minimum Gasteiger partial charge on any atom is -0.368 e. The maximum Gasteiger partial charge on any atom is 0.254 e. The second-order valence-electron chi connectivity index (χ2n) is 8.50. The van der Waals surface area contributed by atoms with Gasteiger partial charge < -0.3 is 9.80 Å². The number of piperazine rings is 1. The lowest BCUT2D eigenvalue weighted by Crippen LogP contribution is -2.49. The number of amides is 1. The summed E-state index contributed by atoms with van der Waals surface area (Å²) >= 11 is 0. The van der Waals surface area contributed by atoms with Crippen LogP contribution in [-0.2, 0) is 11.2 Å². The Kier molecular flexibility index (Phi) is 5.33. The molecule has 0 aromatic heterocycles. The summed E-state index contributed by atoms with van der Waals surface area (Å²) in [6, 6.07) is 29.5. The molecule has 1 aliphatic heterocycles. The molecule has 0 spiro atoms. The molecule has 3 aromatic carbocycles. The maximum absolute atomic E-state index is 13.7. The van der Waals surface area contributed by atoms with Crippen molar-refractivity contribution >= 4 is 17.2 Å². The minimum absolute atomic E-state index is 0.188. The van der Waals surface area contributed by atoms with E-state index in [0.717, 1.165) is 43.7 Å². The summed E-state index contributed by atoms with van der Waals surface area (Å²) in [5.41, 5.74) is 7.09. The van der Waals surface area contributed by atoms with E-state index < -0.39 is 0 Å². The van der Waals surface area contributed by atoms with Gasteiger partial charge in [-0.05, 0) is 42.2 Å². The molecule has 5 rings (SSSR count). The fraction of sp³-hybridized carbons (Fsp3) is 0.250. The Morgan fingerprint density at radius 1 is 0.806 bits per heavy atom. The Bertz CT molecular complexity index is 1100. The number of para-hydroxylation sites is 1. The Morgan fingerprint density at radius 2 is 1.42 bits per heavy atom. The van der Waals surface area contributed by atoms with Crippen molar-refractivity contribution in [2.75, 3.05) is 31.1 Å². The summed E-state index contributed by atoms with van der Waals surface area (Å²) in [4.78, 5) is 18.1. The lowest BCUT2D eigenvalue weighted by Gasteiger charge is -2.36. The van der Waals surface area contributed by atoms with Crippen LogP contribution in [0.2, 0.25) is 0 Å². The Morgan fingerprint density at radius 3 is 2.13 bits per heavy atom. The molecule has 1 saturated heterocycles. The highest BCUT2D eigenvalue weighted by Crippen LogP contribution is 2.44. The number of allylic oxidation sites excluding steroid dienone is 1. The molecular formula is C28H28N2O. The Balaban J connectivity index is 1.38. The smallest absolute Gasteiger partial charge is 0.254 e. The van der Waals surface area contributed by atoms with E-state index in [1.807, 2.05) is 11.0 Å².